The van der Waals surface area contributed by atoms with E-state index in [0.717, 1.165) is 0 Å². The van der Waals surface area contributed by atoms with Crippen LogP contribution in [-0.4, -0.2) is 12.4 Å². The molecule has 2 rings (SSSR count). The molecule has 18 heavy (non-hydrogen) atoms. The number of allylic oxidation sites excluding steroid dienone is 2. The third-order valence-electron chi connectivity index (χ3n) is 3.02. The molecule has 94 valence electrons. The van der Waals surface area contributed by atoms with Crippen molar-refractivity contribution >= 4 is 17.1 Å². The molecule has 0 saturated carbocycles. The highest BCUT2D eigenvalue weighted by Gasteiger charge is 2.30. The fourth-order valence-electron chi connectivity index (χ4n) is 2.18. The molecule has 0 unspecified atom stereocenters. The molecule has 0 radical (unpaired) electrons. The van der Waals surface area contributed by atoms with E-state index in [0.29, 0.717) is 25.2 Å². The second kappa shape index (κ2) is 5.36. The molecule has 1 heterocycles. The Labute approximate surface area is 111 Å². The Hall–Kier alpha value is -1.60. The zero-order valence-corrected chi connectivity index (χ0v) is 11.3. The van der Waals surface area contributed by atoms with Gasteiger partial charge in [-0.1, -0.05) is 0 Å². The fraction of sp³-hybridized carbons (Fsp3) is 0.429. The van der Waals surface area contributed by atoms with Gasteiger partial charge in [0.15, 0.2) is 5.78 Å². The Morgan fingerprint density at radius 2 is 2.28 bits per heavy atom. The molecule has 1 aliphatic carbocycles. The second-order valence-electron chi connectivity index (χ2n) is 4.32. The average Bonchev–Trinajstić information content (AvgIpc) is 2.76. The van der Waals surface area contributed by atoms with Gasteiger partial charge in [-0.25, -0.2) is 0 Å². The van der Waals surface area contributed by atoms with E-state index in [2.05, 4.69) is 19.1 Å². The number of Topliss-reactive ketones (excluding diaryl/α,β-unsaturated/α-hetero) is 1. The van der Waals surface area contributed by atoms with Crippen LogP contribution >= 0.6 is 11.3 Å². The van der Waals surface area contributed by atoms with Crippen molar-refractivity contribution in [2.24, 2.45) is 0 Å². The van der Waals surface area contributed by atoms with Crippen molar-refractivity contribution < 1.29 is 9.53 Å². The van der Waals surface area contributed by atoms with Crippen LogP contribution in [0.15, 0.2) is 23.5 Å². The molecule has 0 N–H and O–H groups in total. The lowest BCUT2D eigenvalue weighted by atomic mass is 9.86. The molecule has 3 nitrogen and oxygen atoms in total. The van der Waals surface area contributed by atoms with E-state index >= 15 is 0 Å². The SMILES string of the molecule is CCOC1=C(C#N)C(=O)C[C@H](c2ccc(C)s2)C1. The van der Waals surface area contributed by atoms with Crippen LogP contribution in [0.4, 0.5) is 0 Å². The molecule has 0 saturated heterocycles. The van der Waals surface area contributed by atoms with E-state index in [4.69, 9.17) is 10.00 Å². The quantitative estimate of drug-likeness (QED) is 0.838. The summed E-state index contributed by atoms with van der Waals surface area (Å²) in [5.74, 6) is 0.630. The van der Waals surface area contributed by atoms with Gasteiger partial charge in [0.2, 0.25) is 0 Å². The highest BCUT2D eigenvalue weighted by Crippen LogP contribution is 2.37. The minimum atomic E-state index is -0.0942. The van der Waals surface area contributed by atoms with E-state index in [1.165, 1.54) is 9.75 Å². The predicted molar refractivity (Wildman–Crippen MR) is 70.3 cm³/mol. The zero-order valence-electron chi connectivity index (χ0n) is 10.5. The van der Waals surface area contributed by atoms with Gasteiger partial charge in [-0.3, -0.25) is 4.79 Å². The summed E-state index contributed by atoms with van der Waals surface area (Å²) in [7, 11) is 0. The first-order chi connectivity index (χ1) is 8.65. The number of hydrogen-bond donors (Lipinski definition) is 0. The van der Waals surface area contributed by atoms with Crippen molar-refractivity contribution in [1.82, 2.24) is 0 Å². The molecular weight excluding hydrogens is 246 g/mol. The Kier molecular flexibility index (Phi) is 3.83. The molecule has 4 heteroatoms. The lowest BCUT2D eigenvalue weighted by Crippen LogP contribution is -2.18. The van der Waals surface area contributed by atoms with Crippen LogP contribution in [0.5, 0.6) is 0 Å². The van der Waals surface area contributed by atoms with Crippen molar-refractivity contribution in [1.29, 1.82) is 5.26 Å². The van der Waals surface area contributed by atoms with Gasteiger partial charge in [0, 0.05) is 28.5 Å². The number of carbonyl (C=O) groups is 1. The summed E-state index contributed by atoms with van der Waals surface area (Å²) in [6, 6.07) is 6.11. The Morgan fingerprint density at radius 1 is 1.50 bits per heavy atom. The van der Waals surface area contributed by atoms with Crippen LogP contribution < -0.4 is 0 Å². The van der Waals surface area contributed by atoms with E-state index in [1.54, 1.807) is 11.3 Å². The van der Waals surface area contributed by atoms with Crippen LogP contribution in [0.1, 0.15) is 35.4 Å². The van der Waals surface area contributed by atoms with Crippen molar-refractivity contribution in [2.75, 3.05) is 6.61 Å². The second-order valence-corrected chi connectivity index (χ2v) is 5.64. The van der Waals surface area contributed by atoms with Crippen LogP contribution in [0.3, 0.4) is 0 Å². The van der Waals surface area contributed by atoms with Crippen molar-refractivity contribution in [3.8, 4) is 6.07 Å². The minimum absolute atomic E-state index is 0.0942. The number of thiophene rings is 1. The maximum absolute atomic E-state index is 11.9. The Bertz CT molecular complexity index is 536. The van der Waals surface area contributed by atoms with Crippen LogP contribution in [0, 0.1) is 18.3 Å². The Morgan fingerprint density at radius 3 is 2.83 bits per heavy atom. The van der Waals surface area contributed by atoms with Crippen molar-refractivity contribution in [3.63, 3.8) is 0 Å². The number of ether oxygens (including phenoxy) is 1. The summed E-state index contributed by atoms with van der Waals surface area (Å²) in [5, 5.41) is 9.01. The van der Waals surface area contributed by atoms with Gasteiger partial charge in [-0.15, -0.1) is 11.3 Å². The van der Waals surface area contributed by atoms with E-state index in [9.17, 15) is 4.79 Å². The number of carbonyl (C=O) groups excluding carboxylic acids is 1. The fourth-order valence-corrected chi connectivity index (χ4v) is 3.16. The molecule has 1 aromatic rings. The van der Waals surface area contributed by atoms with Crippen molar-refractivity contribution in [2.45, 2.75) is 32.6 Å². The number of rotatable bonds is 3. The Balaban J connectivity index is 2.28. The molecule has 1 atom stereocenters. The third kappa shape index (κ3) is 2.46. The lowest BCUT2D eigenvalue weighted by molar-refractivity contribution is -0.116. The maximum Gasteiger partial charge on any atom is 0.177 e. The molecule has 0 spiro atoms. The van der Waals surface area contributed by atoms with Gasteiger partial charge in [0.1, 0.15) is 17.4 Å². The lowest BCUT2D eigenvalue weighted by Gasteiger charge is -2.22. The normalized spacial score (nSPS) is 19.8. The van der Waals surface area contributed by atoms with Gasteiger partial charge in [-0.05, 0) is 26.0 Å². The molecule has 0 amide bonds. The molecule has 0 aromatic carbocycles. The number of hydrogen-bond acceptors (Lipinski definition) is 4. The number of nitrogens with zero attached hydrogens (tertiary/aromatic N) is 1. The summed E-state index contributed by atoms with van der Waals surface area (Å²) >= 11 is 1.71. The highest BCUT2D eigenvalue weighted by atomic mass is 32.1. The monoisotopic (exact) mass is 261 g/mol. The van der Waals surface area contributed by atoms with Crippen LogP contribution in [0.25, 0.3) is 0 Å². The maximum atomic E-state index is 11.9. The van der Waals surface area contributed by atoms with E-state index in [-0.39, 0.29) is 17.3 Å². The van der Waals surface area contributed by atoms with Gasteiger partial charge in [-0.2, -0.15) is 5.26 Å². The first kappa shape index (κ1) is 12.8. The summed E-state index contributed by atoms with van der Waals surface area (Å²) in [6.45, 7) is 4.41. The van der Waals surface area contributed by atoms with Gasteiger partial charge in [0.25, 0.3) is 0 Å². The smallest absolute Gasteiger partial charge is 0.177 e. The van der Waals surface area contributed by atoms with Gasteiger partial charge in [0.05, 0.1) is 6.61 Å². The van der Waals surface area contributed by atoms with Gasteiger partial charge >= 0.3 is 0 Å². The van der Waals surface area contributed by atoms with E-state index < -0.39 is 0 Å². The number of aryl methyl sites for hydroxylation is 1. The third-order valence-corrected chi connectivity index (χ3v) is 4.18. The largest absolute Gasteiger partial charge is 0.497 e. The van der Waals surface area contributed by atoms with E-state index in [1.807, 2.05) is 13.0 Å². The van der Waals surface area contributed by atoms with Gasteiger partial charge < -0.3 is 4.74 Å². The van der Waals surface area contributed by atoms with Crippen molar-refractivity contribution in [3.05, 3.63) is 33.2 Å². The summed E-state index contributed by atoms with van der Waals surface area (Å²) in [6.07, 6.45) is 1.07. The molecule has 0 aliphatic heterocycles. The number of ketones is 1. The predicted octanol–water partition coefficient (Wildman–Crippen LogP) is 3.32. The van der Waals surface area contributed by atoms with Crippen LogP contribution in [0.2, 0.25) is 0 Å². The average molecular weight is 261 g/mol. The standard InChI is InChI=1S/C14H15NO2S/c1-3-17-13-7-10(6-12(16)11(13)8-15)14-5-4-9(2)18-14/h4-5,10H,3,6-7H2,1-2H3/t10-/m0/s1. The highest BCUT2D eigenvalue weighted by molar-refractivity contribution is 7.12. The summed E-state index contributed by atoms with van der Waals surface area (Å²) in [5.41, 5.74) is 0.210. The molecule has 0 bridgehead atoms. The van der Waals surface area contributed by atoms with Crippen LogP contribution in [-0.2, 0) is 9.53 Å². The summed E-state index contributed by atoms with van der Waals surface area (Å²) in [4.78, 5) is 14.4. The molecule has 1 aliphatic rings. The minimum Gasteiger partial charge on any atom is -0.497 e. The topological polar surface area (TPSA) is 50.1 Å². The molecular formula is C14H15NO2S. The molecule has 0 fully saturated rings. The molecule has 1 aromatic heterocycles. The zero-order chi connectivity index (χ0) is 13.1. The summed E-state index contributed by atoms with van der Waals surface area (Å²) < 4.78 is 5.46. The first-order valence-corrected chi connectivity index (χ1v) is 6.83. The number of nitriles is 1. The first-order valence-electron chi connectivity index (χ1n) is 6.01.